The molecule has 2 aliphatic rings. The Bertz CT molecular complexity index is 254. The zero-order valence-corrected chi connectivity index (χ0v) is 10.9. The van der Waals surface area contributed by atoms with Crippen LogP contribution in [-0.2, 0) is 0 Å². The molecular formula is C13H25FN2. The highest BCUT2D eigenvalue weighted by Crippen LogP contribution is 2.42. The second-order valence-corrected chi connectivity index (χ2v) is 6.01. The van der Waals surface area contributed by atoms with Crippen LogP contribution in [0.25, 0.3) is 0 Å². The van der Waals surface area contributed by atoms with Gasteiger partial charge in [0.1, 0.15) is 6.67 Å². The Morgan fingerprint density at radius 1 is 1.38 bits per heavy atom. The van der Waals surface area contributed by atoms with Gasteiger partial charge >= 0.3 is 0 Å². The van der Waals surface area contributed by atoms with Crippen LogP contribution in [0.2, 0.25) is 0 Å². The Kier molecular flexibility index (Phi) is 3.28. The molecule has 2 fully saturated rings. The van der Waals surface area contributed by atoms with E-state index < -0.39 is 0 Å². The molecule has 0 aromatic heterocycles. The van der Waals surface area contributed by atoms with Crippen LogP contribution >= 0.6 is 0 Å². The monoisotopic (exact) mass is 228 g/mol. The van der Waals surface area contributed by atoms with Crippen molar-refractivity contribution in [3.05, 3.63) is 0 Å². The van der Waals surface area contributed by atoms with Gasteiger partial charge in [-0.2, -0.15) is 0 Å². The summed E-state index contributed by atoms with van der Waals surface area (Å²) < 4.78 is 12.7. The SMILES string of the molecule is CCC1(C)CNC(C)(C2CC2)CN1CCF. The first kappa shape index (κ1) is 12.3. The molecule has 1 aliphatic carbocycles. The Balaban J connectivity index is 2.07. The molecular weight excluding hydrogens is 203 g/mol. The van der Waals surface area contributed by atoms with Crippen molar-refractivity contribution < 1.29 is 4.39 Å². The Labute approximate surface area is 98.6 Å². The molecule has 1 aliphatic heterocycles. The first-order valence-electron chi connectivity index (χ1n) is 6.60. The average molecular weight is 228 g/mol. The Hall–Kier alpha value is -0.150. The molecule has 2 nitrogen and oxygen atoms in total. The molecule has 0 aromatic carbocycles. The molecule has 16 heavy (non-hydrogen) atoms. The van der Waals surface area contributed by atoms with E-state index in [1.165, 1.54) is 12.8 Å². The molecule has 2 unspecified atom stereocenters. The van der Waals surface area contributed by atoms with Crippen molar-refractivity contribution in [1.29, 1.82) is 0 Å². The highest BCUT2D eigenvalue weighted by molar-refractivity contribution is 5.07. The molecule has 94 valence electrons. The zero-order chi connectivity index (χ0) is 11.8. The van der Waals surface area contributed by atoms with Crippen LogP contribution in [0.15, 0.2) is 0 Å². The summed E-state index contributed by atoms with van der Waals surface area (Å²) in [6.07, 6.45) is 3.77. The summed E-state index contributed by atoms with van der Waals surface area (Å²) in [7, 11) is 0. The van der Waals surface area contributed by atoms with E-state index in [2.05, 4.69) is 31.0 Å². The lowest BCUT2D eigenvalue weighted by Crippen LogP contribution is -2.69. The lowest BCUT2D eigenvalue weighted by atomic mass is 9.84. The topological polar surface area (TPSA) is 15.3 Å². The van der Waals surface area contributed by atoms with Gasteiger partial charge in [-0.3, -0.25) is 4.90 Å². The van der Waals surface area contributed by atoms with Gasteiger partial charge in [-0.05, 0) is 39.0 Å². The maximum atomic E-state index is 12.7. The van der Waals surface area contributed by atoms with Crippen LogP contribution in [0, 0.1) is 5.92 Å². The van der Waals surface area contributed by atoms with Crippen molar-refractivity contribution in [3.63, 3.8) is 0 Å². The second kappa shape index (κ2) is 4.26. The lowest BCUT2D eigenvalue weighted by Gasteiger charge is -2.52. The van der Waals surface area contributed by atoms with Gasteiger partial charge < -0.3 is 5.32 Å². The van der Waals surface area contributed by atoms with Crippen molar-refractivity contribution in [3.8, 4) is 0 Å². The van der Waals surface area contributed by atoms with Crippen LogP contribution in [-0.4, -0.2) is 42.3 Å². The fourth-order valence-electron chi connectivity index (χ4n) is 2.94. The number of piperazine rings is 1. The fourth-order valence-corrected chi connectivity index (χ4v) is 2.94. The zero-order valence-electron chi connectivity index (χ0n) is 10.9. The lowest BCUT2D eigenvalue weighted by molar-refractivity contribution is 0.00706. The van der Waals surface area contributed by atoms with Gasteiger partial charge in [0, 0.05) is 30.7 Å². The molecule has 3 heteroatoms. The van der Waals surface area contributed by atoms with Crippen molar-refractivity contribution in [2.45, 2.75) is 51.1 Å². The number of nitrogens with one attached hydrogen (secondary N) is 1. The summed E-state index contributed by atoms with van der Waals surface area (Å²) in [5.74, 6) is 0.816. The molecule has 1 heterocycles. The summed E-state index contributed by atoms with van der Waals surface area (Å²) >= 11 is 0. The highest BCUT2D eigenvalue weighted by Gasteiger charge is 2.48. The average Bonchev–Trinajstić information content (AvgIpc) is 3.08. The van der Waals surface area contributed by atoms with Crippen molar-refractivity contribution >= 4 is 0 Å². The normalized spacial score (nSPS) is 41.2. The molecule has 2 atom stereocenters. The number of rotatable bonds is 4. The van der Waals surface area contributed by atoms with Crippen molar-refractivity contribution in [1.82, 2.24) is 10.2 Å². The maximum Gasteiger partial charge on any atom is 0.102 e. The molecule has 1 N–H and O–H groups in total. The summed E-state index contributed by atoms with van der Waals surface area (Å²) in [5.41, 5.74) is 0.365. The van der Waals surface area contributed by atoms with E-state index in [1.807, 2.05) is 0 Å². The van der Waals surface area contributed by atoms with E-state index in [-0.39, 0.29) is 17.8 Å². The fraction of sp³-hybridized carbons (Fsp3) is 1.00. The third-order valence-corrected chi connectivity index (χ3v) is 4.75. The van der Waals surface area contributed by atoms with Gasteiger partial charge in [-0.1, -0.05) is 6.92 Å². The first-order valence-corrected chi connectivity index (χ1v) is 6.60. The number of halogens is 1. The van der Waals surface area contributed by atoms with Crippen LogP contribution in [0.5, 0.6) is 0 Å². The minimum absolute atomic E-state index is 0.139. The van der Waals surface area contributed by atoms with Gasteiger partial charge in [-0.25, -0.2) is 4.39 Å². The van der Waals surface area contributed by atoms with E-state index in [0.717, 1.165) is 25.4 Å². The van der Waals surface area contributed by atoms with Crippen LogP contribution in [0.4, 0.5) is 4.39 Å². The van der Waals surface area contributed by atoms with E-state index in [1.54, 1.807) is 0 Å². The van der Waals surface area contributed by atoms with Gasteiger partial charge in [0.15, 0.2) is 0 Å². The highest BCUT2D eigenvalue weighted by atomic mass is 19.1. The standard InChI is InChI=1S/C13H25FN2/c1-4-12(2)9-15-13(3,11-5-6-11)10-16(12)8-7-14/h11,15H,4-10H2,1-3H3. The van der Waals surface area contributed by atoms with Gasteiger partial charge in [-0.15, -0.1) is 0 Å². The molecule has 1 saturated heterocycles. The number of hydrogen-bond donors (Lipinski definition) is 1. The van der Waals surface area contributed by atoms with Crippen molar-refractivity contribution in [2.75, 3.05) is 26.3 Å². The predicted octanol–water partition coefficient (Wildman–Crippen LogP) is 2.20. The van der Waals surface area contributed by atoms with Gasteiger partial charge in [0.2, 0.25) is 0 Å². The summed E-state index contributed by atoms with van der Waals surface area (Å²) in [6, 6.07) is 0. The molecule has 2 rings (SSSR count). The minimum Gasteiger partial charge on any atom is -0.308 e. The van der Waals surface area contributed by atoms with Gasteiger partial charge in [0.05, 0.1) is 0 Å². The van der Waals surface area contributed by atoms with E-state index >= 15 is 0 Å². The van der Waals surface area contributed by atoms with Crippen LogP contribution < -0.4 is 5.32 Å². The quantitative estimate of drug-likeness (QED) is 0.793. The number of nitrogens with zero attached hydrogens (tertiary/aromatic N) is 1. The summed E-state index contributed by atoms with van der Waals surface area (Å²) in [6.45, 7) is 9.13. The van der Waals surface area contributed by atoms with E-state index in [0.29, 0.717) is 6.54 Å². The summed E-state index contributed by atoms with van der Waals surface area (Å²) in [5, 5.41) is 3.72. The largest absolute Gasteiger partial charge is 0.308 e. The molecule has 0 aromatic rings. The smallest absolute Gasteiger partial charge is 0.102 e. The molecule has 0 radical (unpaired) electrons. The maximum absolute atomic E-state index is 12.7. The van der Waals surface area contributed by atoms with E-state index in [9.17, 15) is 4.39 Å². The Morgan fingerprint density at radius 2 is 2.06 bits per heavy atom. The third-order valence-electron chi connectivity index (χ3n) is 4.75. The predicted molar refractivity (Wildman–Crippen MR) is 65.4 cm³/mol. The Morgan fingerprint density at radius 3 is 2.56 bits per heavy atom. The third kappa shape index (κ3) is 2.12. The minimum atomic E-state index is -0.226. The summed E-state index contributed by atoms with van der Waals surface area (Å²) in [4.78, 5) is 2.36. The number of hydrogen-bond acceptors (Lipinski definition) is 2. The molecule has 0 amide bonds. The van der Waals surface area contributed by atoms with Gasteiger partial charge in [0.25, 0.3) is 0 Å². The molecule has 0 spiro atoms. The van der Waals surface area contributed by atoms with E-state index in [4.69, 9.17) is 0 Å². The first-order chi connectivity index (χ1) is 7.54. The molecule has 1 saturated carbocycles. The van der Waals surface area contributed by atoms with Crippen LogP contribution in [0.1, 0.15) is 40.0 Å². The number of alkyl halides is 1. The van der Waals surface area contributed by atoms with Crippen LogP contribution in [0.3, 0.4) is 0 Å². The molecule has 0 bridgehead atoms. The van der Waals surface area contributed by atoms with Crippen molar-refractivity contribution in [2.24, 2.45) is 5.92 Å². The second-order valence-electron chi connectivity index (χ2n) is 6.01.